The fourth-order valence-electron chi connectivity index (χ4n) is 1.30. The first-order chi connectivity index (χ1) is 7.29. The van der Waals surface area contributed by atoms with Crippen molar-refractivity contribution in [3.05, 3.63) is 40.5 Å². The number of nitrogens with zero attached hydrogens (tertiary/aromatic N) is 1. The van der Waals surface area contributed by atoms with Gasteiger partial charge in [0, 0.05) is 17.4 Å². The molecule has 2 aromatic rings. The fourth-order valence-corrected chi connectivity index (χ4v) is 2.13. The van der Waals surface area contributed by atoms with Gasteiger partial charge in [0.2, 0.25) is 0 Å². The number of benzene rings is 1. The van der Waals surface area contributed by atoms with Crippen LogP contribution in [-0.4, -0.2) is 11.5 Å². The lowest BCUT2D eigenvalue weighted by Gasteiger charge is -1.95. The molecule has 78 valence electrons. The predicted octanol–water partition coefficient (Wildman–Crippen LogP) is 2.45. The Kier molecular flexibility index (Phi) is 3.08. The second-order valence-electron chi connectivity index (χ2n) is 3.17. The quantitative estimate of drug-likeness (QED) is 0.866. The number of thiazole rings is 1. The maximum absolute atomic E-state index is 12.7. The van der Waals surface area contributed by atoms with Crippen molar-refractivity contribution in [1.29, 1.82) is 0 Å². The second-order valence-corrected chi connectivity index (χ2v) is 4.11. The molecule has 4 heteroatoms. The van der Waals surface area contributed by atoms with E-state index in [2.05, 4.69) is 4.98 Å². The Hall–Kier alpha value is -1.26. The first-order valence-electron chi connectivity index (χ1n) is 4.70. The third-order valence-corrected chi connectivity index (χ3v) is 2.96. The van der Waals surface area contributed by atoms with Crippen molar-refractivity contribution < 1.29 is 4.39 Å². The van der Waals surface area contributed by atoms with Gasteiger partial charge in [0.1, 0.15) is 5.82 Å². The lowest BCUT2D eigenvalue weighted by molar-refractivity contribution is 0.628. The van der Waals surface area contributed by atoms with Crippen molar-refractivity contribution in [3.8, 4) is 11.3 Å². The van der Waals surface area contributed by atoms with Gasteiger partial charge in [0.05, 0.1) is 10.7 Å². The molecule has 0 radical (unpaired) electrons. The second kappa shape index (κ2) is 4.51. The van der Waals surface area contributed by atoms with Crippen molar-refractivity contribution in [1.82, 2.24) is 4.98 Å². The van der Waals surface area contributed by atoms with E-state index in [0.717, 1.165) is 22.7 Å². The van der Waals surface area contributed by atoms with Crippen LogP contribution < -0.4 is 5.73 Å². The normalized spacial score (nSPS) is 10.5. The zero-order chi connectivity index (χ0) is 10.7. The molecule has 0 aliphatic carbocycles. The molecule has 1 aromatic carbocycles. The van der Waals surface area contributed by atoms with Gasteiger partial charge in [-0.25, -0.2) is 9.37 Å². The highest BCUT2D eigenvalue weighted by Crippen LogP contribution is 2.22. The Bertz CT molecular complexity index is 436. The summed E-state index contributed by atoms with van der Waals surface area (Å²) in [5, 5.41) is 3.00. The minimum absolute atomic E-state index is 0.226. The maximum atomic E-state index is 12.7. The molecule has 0 aliphatic heterocycles. The zero-order valence-electron chi connectivity index (χ0n) is 8.11. The van der Waals surface area contributed by atoms with Crippen molar-refractivity contribution in [2.24, 2.45) is 5.73 Å². The molecule has 0 unspecified atom stereocenters. The number of hydrogen-bond donors (Lipinski definition) is 1. The Morgan fingerprint density at radius 2 is 2.00 bits per heavy atom. The average molecular weight is 222 g/mol. The van der Waals surface area contributed by atoms with Crippen LogP contribution in [0.4, 0.5) is 4.39 Å². The Balaban J connectivity index is 2.25. The highest BCUT2D eigenvalue weighted by molar-refractivity contribution is 7.09. The SMILES string of the molecule is NCCc1nc(-c2ccc(F)cc2)cs1. The van der Waals surface area contributed by atoms with Gasteiger partial charge in [-0.05, 0) is 30.8 Å². The lowest BCUT2D eigenvalue weighted by atomic mass is 10.2. The van der Waals surface area contributed by atoms with Gasteiger partial charge >= 0.3 is 0 Å². The number of nitrogens with two attached hydrogens (primary N) is 1. The molecule has 1 heterocycles. The van der Waals surface area contributed by atoms with Crippen LogP contribution in [-0.2, 0) is 6.42 Å². The summed E-state index contributed by atoms with van der Waals surface area (Å²) in [5.41, 5.74) is 7.28. The summed E-state index contributed by atoms with van der Waals surface area (Å²) in [6.07, 6.45) is 0.797. The number of rotatable bonds is 3. The largest absolute Gasteiger partial charge is 0.330 e. The van der Waals surface area contributed by atoms with Gasteiger partial charge in [0.25, 0.3) is 0 Å². The summed E-state index contributed by atoms with van der Waals surface area (Å²) >= 11 is 1.59. The van der Waals surface area contributed by atoms with Gasteiger partial charge in [0.15, 0.2) is 0 Å². The Labute approximate surface area is 91.6 Å². The summed E-state index contributed by atoms with van der Waals surface area (Å²) in [4.78, 5) is 4.42. The van der Waals surface area contributed by atoms with Crippen molar-refractivity contribution in [2.45, 2.75) is 6.42 Å². The molecule has 0 amide bonds. The molecular formula is C11H11FN2S. The van der Waals surface area contributed by atoms with E-state index in [1.807, 2.05) is 5.38 Å². The first-order valence-corrected chi connectivity index (χ1v) is 5.58. The molecule has 2 rings (SSSR count). The molecule has 0 saturated heterocycles. The molecule has 0 aliphatic rings. The number of hydrogen-bond acceptors (Lipinski definition) is 3. The molecule has 0 bridgehead atoms. The van der Waals surface area contributed by atoms with Crippen molar-refractivity contribution >= 4 is 11.3 Å². The van der Waals surface area contributed by atoms with Crippen molar-refractivity contribution in [2.75, 3.05) is 6.54 Å². The zero-order valence-corrected chi connectivity index (χ0v) is 8.93. The van der Waals surface area contributed by atoms with E-state index in [1.54, 1.807) is 23.5 Å². The van der Waals surface area contributed by atoms with Crippen LogP contribution in [0.2, 0.25) is 0 Å². The van der Waals surface area contributed by atoms with Gasteiger partial charge in [-0.1, -0.05) is 0 Å². The molecule has 0 spiro atoms. The summed E-state index contributed by atoms with van der Waals surface area (Å²) in [7, 11) is 0. The van der Waals surface area contributed by atoms with Crippen LogP contribution in [0.15, 0.2) is 29.6 Å². The van der Waals surface area contributed by atoms with Crippen LogP contribution in [0.5, 0.6) is 0 Å². The fraction of sp³-hybridized carbons (Fsp3) is 0.182. The molecule has 2 N–H and O–H groups in total. The van der Waals surface area contributed by atoms with E-state index >= 15 is 0 Å². The molecule has 2 nitrogen and oxygen atoms in total. The summed E-state index contributed by atoms with van der Waals surface area (Å²) in [6.45, 7) is 0.608. The van der Waals surface area contributed by atoms with Crippen LogP contribution >= 0.6 is 11.3 Å². The molecule has 1 aromatic heterocycles. The van der Waals surface area contributed by atoms with Gasteiger partial charge in [-0.2, -0.15) is 0 Å². The van der Waals surface area contributed by atoms with Gasteiger partial charge < -0.3 is 5.73 Å². The lowest BCUT2D eigenvalue weighted by Crippen LogP contribution is -2.01. The van der Waals surface area contributed by atoms with Crippen molar-refractivity contribution in [3.63, 3.8) is 0 Å². The Morgan fingerprint density at radius 1 is 1.27 bits per heavy atom. The van der Waals surface area contributed by atoms with Gasteiger partial charge in [-0.15, -0.1) is 11.3 Å². The first kappa shape index (κ1) is 10.3. The monoisotopic (exact) mass is 222 g/mol. The minimum Gasteiger partial charge on any atom is -0.330 e. The summed E-state index contributed by atoms with van der Waals surface area (Å²) in [5.74, 6) is -0.226. The van der Waals surface area contributed by atoms with E-state index in [4.69, 9.17) is 5.73 Å². The minimum atomic E-state index is -0.226. The Morgan fingerprint density at radius 3 is 2.67 bits per heavy atom. The van der Waals surface area contributed by atoms with Crippen LogP contribution in [0.25, 0.3) is 11.3 Å². The maximum Gasteiger partial charge on any atom is 0.123 e. The third kappa shape index (κ3) is 2.40. The van der Waals surface area contributed by atoms with E-state index in [-0.39, 0.29) is 5.82 Å². The molecule has 15 heavy (non-hydrogen) atoms. The molecule has 0 fully saturated rings. The van der Waals surface area contributed by atoms with E-state index in [0.29, 0.717) is 6.54 Å². The van der Waals surface area contributed by atoms with E-state index < -0.39 is 0 Å². The van der Waals surface area contributed by atoms with Crippen LogP contribution in [0.3, 0.4) is 0 Å². The number of aromatic nitrogens is 1. The van der Waals surface area contributed by atoms with Gasteiger partial charge in [-0.3, -0.25) is 0 Å². The molecule has 0 atom stereocenters. The van der Waals surface area contributed by atoms with Crippen LogP contribution in [0, 0.1) is 5.82 Å². The molecule has 0 saturated carbocycles. The standard InChI is InChI=1S/C11H11FN2S/c12-9-3-1-8(2-4-9)10-7-15-11(14-10)5-6-13/h1-4,7H,5-6,13H2. The highest BCUT2D eigenvalue weighted by atomic mass is 32.1. The average Bonchev–Trinajstić information content (AvgIpc) is 2.68. The smallest absolute Gasteiger partial charge is 0.123 e. The predicted molar refractivity (Wildman–Crippen MR) is 60.3 cm³/mol. The molecular weight excluding hydrogens is 211 g/mol. The van der Waals surface area contributed by atoms with E-state index in [9.17, 15) is 4.39 Å². The summed E-state index contributed by atoms with van der Waals surface area (Å²) < 4.78 is 12.7. The third-order valence-electron chi connectivity index (χ3n) is 2.05. The topological polar surface area (TPSA) is 38.9 Å². The van der Waals surface area contributed by atoms with Crippen LogP contribution in [0.1, 0.15) is 5.01 Å². The van der Waals surface area contributed by atoms with E-state index in [1.165, 1.54) is 12.1 Å². The highest BCUT2D eigenvalue weighted by Gasteiger charge is 2.03. The number of halogens is 1. The summed E-state index contributed by atoms with van der Waals surface area (Å²) in [6, 6.07) is 6.35.